The van der Waals surface area contributed by atoms with Gasteiger partial charge in [0, 0.05) is 19.5 Å². The minimum atomic E-state index is 0.571. The molecule has 2 rings (SSSR count). The molecule has 0 radical (unpaired) electrons. The highest BCUT2D eigenvalue weighted by Gasteiger charge is 2.29. The van der Waals surface area contributed by atoms with Gasteiger partial charge in [-0.15, -0.1) is 0 Å². The summed E-state index contributed by atoms with van der Waals surface area (Å²) in [5.74, 6) is 1.70. The first-order chi connectivity index (χ1) is 9.06. The number of nitrogens with zero attached hydrogens (tertiary/aromatic N) is 2. The second-order valence-corrected chi connectivity index (χ2v) is 6.76. The van der Waals surface area contributed by atoms with Gasteiger partial charge in [-0.2, -0.15) is 5.10 Å². The van der Waals surface area contributed by atoms with Crippen LogP contribution in [-0.2, 0) is 19.9 Å². The maximum absolute atomic E-state index is 4.60. The Morgan fingerprint density at radius 3 is 2.68 bits per heavy atom. The van der Waals surface area contributed by atoms with Crippen molar-refractivity contribution >= 4 is 15.9 Å². The number of nitrogens with one attached hydrogen (secondary N) is 1. The molecule has 108 valence electrons. The fourth-order valence-corrected chi connectivity index (χ4v) is 4.15. The van der Waals surface area contributed by atoms with Gasteiger partial charge in [-0.1, -0.05) is 20.3 Å². The normalized spacial score (nSPS) is 24.9. The van der Waals surface area contributed by atoms with E-state index in [1.165, 1.54) is 35.1 Å². The Labute approximate surface area is 125 Å². The van der Waals surface area contributed by atoms with Gasteiger partial charge in [-0.05, 0) is 54.1 Å². The molecule has 0 spiro atoms. The van der Waals surface area contributed by atoms with Crippen molar-refractivity contribution in [1.29, 1.82) is 0 Å². The van der Waals surface area contributed by atoms with Gasteiger partial charge in [0.15, 0.2) is 0 Å². The fraction of sp³-hybridized carbons (Fsp3) is 0.800. The summed E-state index contributed by atoms with van der Waals surface area (Å²) < 4.78 is 3.26. The van der Waals surface area contributed by atoms with Crippen molar-refractivity contribution in [2.45, 2.75) is 52.0 Å². The van der Waals surface area contributed by atoms with Crippen molar-refractivity contribution in [2.75, 3.05) is 7.05 Å². The molecule has 1 N–H and O–H groups in total. The molecule has 1 fully saturated rings. The van der Waals surface area contributed by atoms with Crippen LogP contribution in [0.2, 0.25) is 0 Å². The maximum Gasteiger partial charge on any atom is 0.0766 e. The standard InChI is InChI=1S/C15H26BrN3/c1-5-12-15(16)14(19(4)18-12)9-13(17-3)11-7-6-10(2)8-11/h10-11,13,17H,5-9H2,1-4H3. The third-order valence-electron chi connectivity index (χ3n) is 4.59. The molecule has 3 atom stereocenters. The van der Waals surface area contributed by atoms with E-state index in [-0.39, 0.29) is 0 Å². The molecule has 1 aromatic rings. The summed E-state index contributed by atoms with van der Waals surface area (Å²) >= 11 is 3.73. The second kappa shape index (κ2) is 6.40. The number of halogens is 1. The molecular weight excluding hydrogens is 302 g/mol. The van der Waals surface area contributed by atoms with Crippen LogP contribution in [0.4, 0.5) is 0 Å². The van der Waals surface area contributed by atoms with E-state index in [2.05, 4.69) is 54.3 Å². The SMILES string of the molecule is CCc1nn(C)c(CC(NC)C2CCC(C)C2)c1Br. The van der Waals surface area contributed by atoms with Crippen LogP contribution in [0.5, 0.6) is 0 Å². The van der Waals surface area contributed by atoms with Crippen LogP contribution in [0.25, 0.3) is 0 Å². The summed E-state index contributed by atoms with van der Waals surface area (Å²) in [7, 11) is 4.15. The predicted molar refractivity (Wildman–Crippen MR) is 83.3 cm³/mol. The van der Waals surface area contributed by atoms with Crippen LogP contribution >= 0.6 is 15.9 Å². The molecule has 0 bridgehead atoms. The van der Waals surface area contributed by atoms with E-state index < -0.39 is 0 Å². The smallest absolute Gasteiger partial charge is 0.0766 e. The Hall–Kier alpha value is -0.350. The summed E-state index contributed by atoms with van der Waals surface area (Å²) in [6, 6.07) is 0.571. The van der Waals surface area contributed by atoms with Gasteiger partial charge >= 0.3 is 0 Å². The third kappa shape index (κ3) is 3.22. The second-order valence-electron chi connectivity index (χ2n) is 5.96. The fourth-order valence-electron chi connectivity index (χ4n) is 3.37. The number of likely N-dealkylation sites (N-methyl/N-ethyl adjacent to an activating group) is 1. The summed E-state index contributed by atoms with van der Waals surface area (Å²) in [6.07, 6.45) is 6.16. The Balaban J connectivity index is 2.12. The lowest BCUT2D eigenvalue weighted by atomic mass is 9.93. The molecule has 19 heavy (non-hydrogen) atoms. The number of hydrogen-bond acceptors (Lipinski definition) is 2. The molecule has 1 aliphatic carbocycles. The minimum absolute atomic E-state index is 0.571. The monoisotopic (exact) mass is 327 g/mol. The van der Waals surface area contributed by atoms with Gasteiger partial charge in [0.25, 0.3) is 0 Å². The van der Waals surface area contributed by atoms with Gasteiger partial charge in [-0.3, -0.25) is 4.68 Å². The summed E-state index contributed by atoms with van der Waals surface area (Å²) in [6.45, 7) is 4.53. The lowest BCUT2D eigenvalue weighted by Crippen LogP contribution is -2.35. The third-order valence-corrected chi connectivity index (χ3v) is 5.51. The van der Waals surface area contributed by atoms with Gasteiger partial charge in [0.2, 0.25) is 0 Å². The zero-order chi connectivity index (χ0) is 14.0. The molecule has 0 amide bonds. The van der Waals surface area contributed by atoms with E-state index in [0.29, 0.717) is 6.04 Å². The van der Waals surface area contributed by atoms with Crippen molar-refractivity contribution in [1.82, 2.24) is 15.1 Å². The average Bonchev–Trinajstić information content (AvgIpc) is 2.92. The number of aryl methyl sites for hydroxylation is 2. The number of hydrogen-bond donors (Lipinski definition) is 1. The van der Waals surface area contributed by atoms with Crippen molar-refractivity contribution < 1.29 is 0 Å². The quantitative estimate of drug-likeness (QED) is 0.899. The van der Waals surface area contributed by atoms with Crippen molar-refractivity contribution in [3.63, 3.8) is 0 Å². The summed E-state index contributed by atoms with van der Waals surface area (Å²) in [5.41, 5.74) is 2.50. The first kappa shape index (κ1) is 15.0. The van der Waals surface area contributed by atoms with Crippen LogP contribution < -0.4 is 5.32 Å². The Bertz CT molecular complexity index is 427. The number of aromatic nitrogens is 2. The molecule has 1 saturated carbocycles. The first-order valence-electron chi connectivity index (χ1n) is 7.44. The van der Waals surface area contributed by atoms with Crippen LogP contribution in [0.1, 0.15) is 44.5 Å². The molecule has 1 aliphatic rings. The van der Waals surface area contributed by atoms with Gasteiger partial charge in [0.1, 0.15) is 0 Å². The van der Waals surface area contributed by atoms with Gasteiger partial charge in [-0.25, -0.2) is 0 Å². The van der Waals surface area contributed by atoms with E-state index in [4.69, 9.17) is 0 Å². The van der Waals surface area contributed by atoms with Crippen molar-refractivity contribution in [3.05, 3.63) is 15.9 Å². The lowest BCUT2D eigenvalue weighted by molar-refractivity contribution is 0.361. The minimum Gasteiger partial charge on any atom is -0.316 e. The summed E-state index contributed by atoms with van der Waals surface area (Å²) in [5, 5.41) is 8.13. The molecular formula is C15H26BrN3. The molecule has 1 aromatic heterocycles. The molecule has 0 saturated heterocycles. The van der Waals surface area contributed by atoms with E-state index in [1.807, 2.05) is 4.68 Å². The van der Waals surface area contributed by atoms with Crippen LogP contribution in [0.3, 0.4) is 0 Å². The number of rotatable bonds is 5. The molecule has 3 unspecified atom stereocenters. The molecule has 4 heteroatoms. The van der Waals surface area contributed by atoms with E-state index in [9.17, 15) is 0 Å². The highest BCUT2D eigenvalue weighted by molar-refractivity contribution is 9.10. The Morgan fingerprint density at radius 1 is 1.47 bits per heavy atom. The first-order valence-corrected chi connectivity index (χ1v) is 8.23. The molecule has 1 heterocycles. The van der Waals surface area contributed by atoms with Crippen molar-refractivity contribution in [3.8, 4) is 0 Å². The molecule has 3 nitrogen and oxygen atoms in total. The molecule has 0 aliphatic heterocycles. The topological polar surface area (TPSA) is 29.9 Å². The van der Waals surface area contributed by atoms with E-state index in [0.717, 1.165) is 24.7 Å². The Kier molecular flexibility index (Phi) is 5.07. The zero-order valence-corrected chi connectivity index (χ0v) is 14.1. The highest BCUT2D eigenvalue weighted by Crippen LogP contribution is 2.34. The Morgan fingerprint density at radius 2 is 2.21 bits per heavy atom. The zero-order valence-electron chi connectivity index (χ0n) is 12.5. The largest absolute Gasteiger partial charge is 0.316 e. The lowest BCUT2D eigenvalue weighted by Gasteiger charge is -2.23. The van der Waals surface area contributed by atoms with E-state index >= 15 is 0 Å². The van der Waals surface area contributed by atoms with Crippen molar-refractivity contribution in [2.24, 2.45) is 18.9 Å². The van der Waals surface area contributed by atoms with Gasteiger partial charge < -0.3 is 5.32 Å². The van der Waals surface area contributed by atoms with Crippen LogP contribution in [-0.4, -0.2) is 22.9 Å². The highest BCUT2D eigenvalue weighted by atomic mass is 79.9. The van der Waals surface area contributed by atoms with Crippen LogP contribution in [0, 0.1) is 11.8 Å². The average molecular weight is 328 g/mol. The van der Waals surface area contributed by atoms with Gasteiger partial charge in [0.05, 0.1) is 15.9 Å². The maximum atomic E-state index is 4.60. The van der Waals surface area contributed by atoms with Crippen LogP contribution in [0.15, 0.2) is 4.47 Å². The summed E-state index contributed by atoms with van der Waals surface area (Å²) in [4.78, 5) is 0. The van der Waals surface area contributed by atoms with E-state index in [1.54, 1.807) is 0 Å². The predicted octanol–water partition coefficient (Wildman–Crippen LogP) is 3.31. The molecule has 0 aromatic carbocycles.